The van der Waals surface area contributed by atoms with E-state index >= 15 is 0 Å². The molecule has 7 heteroatoms. The summed E-state index contributed by atoms with van der Waals surface area (Å²) >= 11 is 0. The first-order valence-corrected chi connectivity index (χ1v) is 10.0. The molecule has 0 unspecified atom stereocenters. The van der Waals surface area contributed by atoms with Crippen LogP contribution in [0.2, 0.25) is 0 Å². The average molecular weight is 450 g/mol. The highest BCUT2D eigenvalue weighted by atomic mass is 19.4. The SMILES string of the molecule is Cc1cc(C)cc(COc2ccc(/C=C(\C#N)C(=O)Nc3cccc(C(F)(F)F)c3)cc2)c1. The number of nitrogens with one attached hydrogen (secondary N) is 1. The highest BCUT2D eigenvalue weighted by molar-refractivity contribution is 6.09. The van der Waals surface area contributed by atoms with Crippen LogP contribution in [0.5, 0.6) is 5.75 Å². The third-order valence-electron chi connectivity index (χ3n) is 4.69. The molecule has 0 atom stereocenters. The van der Waals surface area contributed by atoms with Crippen molar-refractivity contribution >= 4 is 17.7 Å². The van der Waals surface area contributed by atoms with Gasteiger partial charge in [0, 0.05) is 5.69 Å². The van der Waals surface area contributed by atoms with Crippen LogP contribution in [0.15, 0.2) is 72.3 Å². The molecule has 0 aliphatic heterocycles. The first kappa shape index (κ1) is 23.6. The van der Waals surface area contributed by atoms with Crippen molar-refractivity contribution in [3.8, 4) is 11.8 Å². The highest BCUT2D eigenvalue weighted by Gasteiger charge is 2.30. The van der Waals surface area contributed by atoms with Gasteiger partial charge in [-0.3, -0.25) is 4.79 Å². The van der Waals surface area contributed by atoms with Gasteiger partial charge in [0.2, 0.25) is 0 Å². The molecule has 4 nitrogen and oxygen atoms in total. The van der Waals surface area contributed by atoms with Crippen LogP contribution in [0.3, 0.4) is 0 Å². The minimum Gasteiger partial charge on any atom is -0.489 e. The number of nitrogens with zero attached hydrogens (tertiary/aromatic N) is 1. The molecule has 0 saturated heterocycles. The summed E-state index contributed by atoms with van der Waals surface area (Å²) in [4.78, 5) is 12.4. The summed E-state index contributed by atoms with van der Waals surface area (Å²) in [5.74, 6) is -0.176. The molecule has 0 aromatic heterocycles. The van der Waals surface area contributed by atoms with E-state index in [4.69, 9.17) is 4.74 Å². The standard InChI is InChI=1S/C26H21F3N2O2/c1-17-10-18(2)12-20(11-17)16-33-24-8-6-19(7-9-24)13-21(15-30)25(32)31-23-5-3-4-22(14-23)26(27,28)29/h3-14H,16H2,1-2H3,(H,31,32)/b21-13+. The van der Waals surface area contributed by atoms with Crippen molar-refractivity contribution in [3.63, 3.8) is 0 Å². The Bertz CT molecular complexity index is 1200. The fraction of sp³-hybridized carbons (Fsp3) is 0.154. The van der Waals surface area contributed by atoms with Crippen LogP contribution < -0.4 is 10.1 Å². The lowest BCUT2D eigenvalue weighted by atomic mass is 10.1. The fourth-order valence-electron chi connectivity index (χ4n) is 3.27. The van der Waals surface area contributed by atoms with E-state index in [0.717, 1.165) is 28.8 Å². The Hall–Kier alpha value is -4.05. The van der Waals surface area contributed by atoms with Crippen molar-refractivity contribution < 1.29 is 22.7 Å². The number of hydrogen-bond acceptors (Lipinski definition) is 3. The molecule has 0 aliphatic carbocycles. The van der Waals surface area contributed by atoms with Gasteiger partial charge in [0.05, 0.1) is 5.56 Å². The van der Waals surface area contributed by atoms with Crippen LogP contribution in [-0.4, -0.2) is 5.91 Å². The van der Waals surface area contributed by atoms with Crippen LogP contribution in [0.25, 0.3) is 6.08 Å². The van der Waals surface area contributed by atoms with E-state index in [0.29, 0.717) is 17.9 Å². The fourth-order valence-corrected chi connectivity index (χ4v) is 3.27. The smallest absolute Gasteiger partial charge is 0.416 e. The lowest BCUT2D eigenvalue weighted by molar-refractivity contribution is -0.137. The number of carbonyl (C=O) groups excluding carboxylic acids is 1. The number of benzene rings is 3. The second-order valence-corrected chi connectivity index (χ2v) is 7.56. The summed E-state index contributed by atoms with van der Waals surface area (Å²) in [5, 5.41) is 11.7. The second-order valence-electron chi connectivity index (χ2n) is 7.56. The van der Waals surface area contributed by atoms with Crippen molar-refractivity contribution in [2.75, 3.05) is 5.32 Å². The zero-order chi connectivity index (χ0) is 24.0. The highest BCUT2D eigenvalue weighted by Crippen LogP contribution is 2.30. The van der Waals surface area contributed by atoms with Crippen molar-refractivity contribution in [1.29, 1.82) is 5.26 Å². The molecule has 0 radical (unpaired) electrons. The van der Waals surface area contributed by atoms with Gasteiger partial charge in [-0.25, -0.2) is 0 Å². The average Bonchev–Trinajstić information content (AvgIpc) is 2.75. The van der Waals surface area contributed by atoms with Crippen LogP contribution in [-0.2, 0) is 17.6 Å². The molecule has 168 valence electrons. The molecule has 0 bridgehead atoms. The van der Waals surface area contributed by atoms with E-state index < -0.39 is 17.6 Å². The second kappa shape index (κ2) is 10.0. The normalized spacial score (nSPS) is 11.6. The summed E-state index contributed by atoms with van der Waals surface area (Å²) in [6, 6.07) is 19.0. The Kier molecular flexibility index (Phi) is 7.19. The first-order chi connectivity index (χ1) is 15.6. The van der Waals surface area contributed by atoms with Gasteiger partial charge in [0.25, 0.3) is 5.91 Å². The van der Waals surface area contributed by atoms with Gasteiger partial charge in [-0.2, -0.15) is 18.4 Å². The van der Waals surface area contributed by atoms with E-state index in [2.05, 4.69) is 11.4 Å². The maximum atomic E-state index is 12.9. The molecule has 3 aromatic carbocycles. The molecule has 3 rings (SSSR count). The molecule has 0 heterocycles. The van der Waals surface area contributed by atoms with E-state index in [9.17, 15) is 23.2 Å². The Morgan fingerprint density at radius 1 is 1.03 bits per heavy atom. The molecule has 1 amide bonds. The van der Waals surface area contributed by atoms with Gasteiger partial charge in [0.15, 0.2) is 0 Å². The molecular formula is C26H21F3N2O2. The van der Waals surface area contributed by atoms with Gasteiger partial charge in [-0.05, 0) is 61.4 Å². The summed E-state index contributed by atoms with van der Waals surface area (Å²) < 4.78 is 44.3. The lowest BCUT2D eigenvalue weighted by Gasteiger charge is -2.10. The van der Waals surface area contributed by atoms with Gasteiger partial charge in [0.1, 0.15) is 24.0 Å². The third kappa shape index (κ3) is 6.71. The number of anilines is 1. The Morgan fingerprint density at radius 3 is 2.30 bits per heavy atom. The van der Waals surface area contributed by atoms with Crippen LogP contribution in [0.4, 0.5) is 18.9 Å². The van der Waals surface area contributed by atoms with Crippen molar-refractivity contribution in [1.82, 2.24) is 0 Å². The monoisotopic (exact) mass is 450 g/mol. The van der Waals surface area contributed by atoms with E-state index in [1.807, 2.05) is 26.0 Å². The van der Waals surface area contributed by atoms with Gasteiger partial charge in [-0.1, -0.05) is 47.5 Å². The molecule has 0 fully saturated rings. The predicted octanol–water partition coefficient (Wildman–Crippen LogP) is 6.45. The van der Waals surface area contributed by atoms with E-state index in [-0.39, 0.29) is 11.3 Å². The van der Waals surface area contributed by atoms with Gasteiger partial charge in [-0.15, -0.1) is 0 Å². The molecule has 0 saturated carbocycles. The summed E-state index contributed by atoms with van der Waals surface area (Å²) in [5.41, 5.74) is 2.75. The number of hydrogen-bond donors (Lipinski definition) is 1. The lowest BCUT2D eigenvalue weighted by Crippen LogP contribution is -2.14. The quantitative estimate of drug-likeness (QED) is 0.347. The molecule has 33 heavy (non-hydrogen) atoms. The Balaban J connectivity index is 1.67. The van der Waals surface area contributed by atoms with Gasteiger partial charge < -0.3 is 10.1 Å². The summed E-state index contributed by atoms with van der Waals surface area (Å²) in [7, 11) is 0. The van der Waals surface area contributed by atoms with Crippen molar-refractivity contribution in [2.45, 2.75) is 26.6 Å². The molecule has 3 aromatic rings. The van der Waals surface area contributed by atoms with E-state index in [1.54, 1.807) is 30.3 Å². The Labute approximate surface area is 189 Å². The zero-order valence-corrected chi connectivity index (χ0v) is 18.0. The summed E-state index contributed by atoms with van der Waals surface area (Å²) in [6.45, 7) is 4.45. The third-order valence-corrected chi connectivity index (χ3v) is 4.69. The van der Waals surface area contributed by atoms with E-state index in [1.165, 1.54) is 18.2 Å². The molecular weight excluding hydrogens is 429 g/mol. The topological polar surface area (TPSA) is 62.1 Å². The number of halogens is 3. The largest absolute Gasteiger partial charge is 0.489 e. The number of rotatable bonds is 6. The number of carbonyl (C=O) groups is 1. The summed E-state index contributed by atoms with van der Waals surface area (Å²) in [6.07, 6.45) is -3.17. The number of aryl methyl sites for hydroxylation is 2. The number of amides is 1. The Morgan fingerprint density at radius 2 is 1.70 bits per heavy atom. The van der Waals surface area contributed by atoms with Crippen molar-refractivity contribution in [2.24, 2.45) is 0 Å². The molecule has 1 N–H and O–H groups in total. The number of alkyl halides is 3. The predicted molar refractivity (Wildman–Crippen MR) is 120 cm³/mol. The first-order valence-electron chi connectivity index (χ1n) is 10.0. The zero-order valence-electron chi connectivity index (χ0n) is 18.0. The minimum absolute atomic E-state index is 0.0499. The van der Waals surface area contributed by atoms with Crippen molar-refractivity contribution in [3.05, 3.63) is 100 Å². The molecule has 0 aliphatic rings. The number of ether oxygens (including phenoxy) is 1. The van der Waals surface area contributed by atoms with Crippen LogP contribution in [0, 0.1) is 25.2 Å². The maximum Gasteiger partial charge on any atom is 0.416 e. The minimum atomic E-state index is -4.53. The van der Waals surface area contributed by atoms with Crippen LogP contribution in [0.1, 0.15) is 27.8 Å². The van der Waals surface area contributed by atoms with Gasteiger partial charge >= 0.3 is 6.18 Å². The van der Waals surface area contributed by atoms with Crippen LogP contribution >= 0.6 is 0 Å². The number of nitriles is 1. The maximum absolute atomic E-state index is 12.9. The molecule has 0 spiro atoms.